The summed E-state index contributed by atoms with van der Waals surface area (Å²) < 4.78 is 7.19. The Labute approximate surface area is 156 Å². The third-order valence-corrected chi connectivity index (χ3v) is 5.49. The molecule has 0 saturated carbocycles. The van der Waals surface area contributed by atoms with Crippen molar-refractivity contribution in [2.75, 3.05) is 26.3 Å². The number of thiophene rings is 1. The lowest BCUT2D eigenvalue weighted by molar-refractivity contribution is 0.0297. The van der Waals surface area contributed by atoms with E-state index in [2.05, 4.69) is 25.1 Å². The highest BCUT2D eigenvalue weighted by atomic mass is 32.1. The van der Waals surface area contributed by atoms with E-state index in [0.29, 0.717) is 32.0 Å². The monoisotopic (exact) mass is 367 g/mol. The van der Waals surface area contributed by atoms with Crippen molar-refractivity contribution in [1.29, 1.82) is 0 Å². The van der Waals surface area contributed by atoms with E-state index in [-0.39, 0.29) is 5.91 Å². The van der Waals surface area contributed by atoms with Crippen LogP contribution >= 0.6 is 11.3 Å². The smallest absolute Gasteiger partial charge is 0.272 e. The highest BCUT2D eigenvalue weighted by Gasteiger charge is 2.25. The SMILES string of the molecule is Cc1ccc(C)c(-n2nc(-c3cccs3)cc2C(=O)N2CCOCC2)c1. The standard InChI is InChI=1S/C20H21N3O2S/c1-14-5-6-15(2)17(12-14)23-18(20(24)22-7-9-25-10-8-22)13-16(21-23)19-4-3-11-26-19/h3-6,11-13H,7-10H2,1-2H3. The number of carbonyl (C=O) groups excluding carboxylic acids is 1. The second-order valence-corrected chi connectivity index (χ2v) is 7.45. The van der Waals surface area contributed by atoms with Gasteiger partial charge in [-0.25, -0.2) is 4.68 Å². The molecule has 6 heteroatoms. The summed E-state index contributed by atoms with van der Waals surface area (Å²) in [6.45, 7) is 6.50. The van der Waals surface area contributed by atoms with Crippen molar-refractivity contribution in [3.63, 3.8) is 0 Å². The second-order valence-electron chi connectivity index (χ2n) is 6.50. The maximum absolute atomic E-state index is 13.2. The number of hydrogen-bond donors (Lipinski definition) is 0. The molecule has 1 aliphatic heterocycles. The highest BCUT2D eigenvalue weighted by molar-refractivity contribution is 7.13. The third kappa shape index (κ3) is 3.18. The lowest BCUT2D eigenvalue weighted by Crippen LogP contribution is -2.41. The van der Waals surface area contributed by atoms with Crippen LogP contribution in [-0.4, -0.2) is 46.9 Å². The second kappa shape index (κ2) is 7.05. The van der Waals surface area contributed by atoms with Crippen LogP contribution in [0.15, 0.2) is 41.8 Å². The zero-order chi connectivity index (χ0) is 18.1. The molecule has 0 spiro atoms. The van der Waals surface area contributed by atoms with E-state index >= 15 is 0 Å². The van der Waals surface area contributed by atoms with Gasteiger partial charge in [-0.3, -0.25) is 4.79 Å². The third-order valence-electron chi connectivity index (χ3n) is 4.59. The topological polar surface area (TPSA) is 47.4 Å². The summed E-state index contributed by atoms with van der Waals surface area (Å²) in [5.74, 6) is 0.00418. The minimum atomic E-state index is 0.00418. The first-order valence-corrected chi connectivity index (χ1v) is 9.60. The molecular formula is C20H21N3O2S. The summed E-state index contributed by atoms with van der Waals surface area (Å²) in [6, 6.07) is 12.2. The summed E-state index contributed by atoms with van der Waals surface area (Å²) in [7, 11) is 0. The van der Waals surface area contributed by atoms with Crippen LogP contribution in [-0.2, 0) is 4.74 Å². The van der Waals surface area contributed by atoms with E-state index in [1.165, 1.54) is 0 Å². The Morgan fingerprint density at radius 2 is 1.96 bits per heavy atom. The first kappa shape index (κ1) is 17.0. The van der Waals surface area contributed by atoms with Crippen molar-refractivity contribution < 1.29 is 9.53 Å². The van der Waals surface area contributed by atoms with Gasteiger partial charge < -0.3 is 9.64 Å². The van der Waals surface area contributed by atoms with Crippen molar-refractivity contribution >= 4 is 17.2 Å². The maximum Gasteiger partial charge on any atom is 0.272 e. The summed E-state index contributed by atoms with van der Waals surface area (Å²) >= 11 is 1.63. The molecule has 0 aliphatic carbocycles. The fourth-order valence-electron chi connectivity index (χ4n) is 3.14. The van der Waals surface area contributed by atoms with Crippen LogP contribution in [0, 0.1) is 13.8 Å². The van der Waals surface area contributed by atoms with Crippen LogP contribution < -0.4 is 0 Å². The average Bonchev–Trinajstić information content (AvgIpc) is 3.33. The first-order chi connectivity index (χ1) is 12.6. The lowest BCUT2D eigenvalue weighted by atomic mass is 10.1. The molecule has 0 N–H and O–H groups in total. The molecule has 2 aromatic heterocycles. The number of rotatable bonds is 3. The minimum Gasteiger partial charge on any atom is -0.378 e. The van der Waals surface area contributed by atoms with Crippen molar-refractivity contribution in [1.82, 2.24) is 14.7 Å². The molecule has 1 amide bonds. The largest absolute Gasteiger partial charge is 0.378 e. The van der Waals surface area contributed by atoms with Crippen molar-refractivity contribution in [2.24, 2.45) is 0 Å². The number of aryl methyl sites for hydroxylation is 2. The fourth-order valence-corrected chi connectivity index (χ4v) is 3.82. The van der Waals surface area contributed by atoms with Gasteiger partial charge in [0.1, 0.15) is 11.4 Å². The molecule has 134 valence electrons. The highest BCUT2D eigenvalue weighted by Crippen LogP contribution is 2.27. The lowest BCUT2D eigenvalue weighted by Gasteiger charge is -2.27. The Balaban J connectivity index is 1.83. The molecule has 0 unspecified atom stereocenters. The van der Waals surface area contributed by atoms with E-state index in [1.54, 1.807) is 16.0 Å². The van der Waals surface area contributed by atoms with Gasteiger partial charge in [0.25, 0.3) is 5.91 Å². The van der Waals surface area contributed by atoms with Crippen LogP contribution in [0.1, 0.15) is 21.6 Å². The molecule has 1 saturated heterocycles. The Kier molecular flexibility index (Phi) is 4.61. The van der Waals surface area contributed by atoms with Gasteiger partial charge in [-0.15, -0.1) is 11.3 Å². The molecule has 0 radical (unpaired) electrons. The molecule has 1 aromatic carbocycles. The average molecular weight is 367 g/mol. The zero-order valence-electron chi connectivity index (χ0n) is 14.9. The minimum absolute atomic E-state index is 0.00418. The molecule has 1 aliphatic rings. The van der Waals surface area contributed by atoms with Gasteiger partial charge in [0.2, 0.25) is 0 Å². The molecule has 4 rings (SSSR count). The Morgan fingerprint density at radius 3 is 2.69 bits per heavy atom. The molecule has 0 bridgehead atoms. The Morgan fingerprint density at radius 1 is 1.15 bits per heavy atom. The quantitative estimate of drug-likeness (QED) is 0.709. The fraction of sp³-hybridized carbons (Fsp3) is 0.300. The van der Waals surface area contributed by atoms with Crippen LogP contribution in [0.3, 0.4) is 0 Å². The van der Waals surface area contributed by atoms with Crippen LogP contribution in [0.2, 0.25) is 0 Å². The van der Waals surface area contributed by atoms with Gasteiger partial charge in [0, 0.05) is 13.1 Å². The van der Waals surface area contributed by atoms with Crippen molar-refractivity contribution in [3.05, 3.63) is 58.6 Å². The Hall–Kier alpha value is -2.44. The predicted molar refractivity (Wildman–Crippen MR) is 103 cm³/mol. The number of hydrogen-bond acceptors (Lipinski definition) is 4. The molecule has 5 nitrogen and oxygen atoms in total. The van der Waals surface area contributed by atoms with Gasteiger partial charge >= 0.3 is 0 Å². The van der Waals surface area contributed by atoms with Crippen LogP contribution in [0.5, 0.6) is 0 Å². The van der Waals surface area contributed by atoms with E-state index in [4.69, 9.17) is 9.84 Å². The number of nitrogens with zero attached hydrogens (tertiary/aromatic N) is 3. The summed E-state index contributed by atoms with van der Waals surface area (Å²) in [4.78, 5) is 16.1. The van der Waals surface area contributed by atoms with Crippen LogP contribution in [0.4, 0.5) is 0 Å². The van der Waals surface area contributed by atoms with E-state index in [9.17, 15) is 4.79 Å². The maximum atomic E-state index is 13.2. The summed E-state index contributed by atoms with van der Waals surface area (Å²) in [5.41, 5.74) is 4.61. The molecular weight excluding hydrogens is 346 g/mol. The van der Waals surface area contributed by atoms with Gasteiger partial charge in [-0.2, -0.15) is 5.10 Å². The molecule has 0 atom stereocenters. The van der Waals surface area contributed by atoms with Crippen molar-refractivity contribution in [3.8, 4) is 16.3 Å². The van der Waals surface area contributed by atoms with Gasteiger partial charge in [0.05, 0.1) is 23.8 Å². The number of benzene rings is 1. The number of ether oxygens (including phenoxy) is 1. The van der Waals surface area contributed by atoms with Gasteiger partial charge in [0.15, 0.2) is 0 Å². The predicted octanol–water partition coefficient (Wildman–Crippen LogP) is 3.69. The van der Waals surface area contributed by atoms with E-state index < -0.39 is 0 Å². The van der Waals surface area contributed by atoms with Gasteiger partial charge in [-0.1, -0.05) is 18.2 Å². The summed E-state index contributed by atoms with van der Waals surface area (Å²) in [5, 5.41) is 6.81. The summed E-state index contributed by atoms with van der Waals surface area (Å²) in [6.07, 6.45) is 0. The molecule has 1 fully saturated rings. The number of morpholine rings is 1. The first-order valence-electron chi connectivity index (χ1n) is 8.72. The molecule has 3 heterocycles. The molecule has 3 aromatic rings. The normalized spacial score (nSPS) is 14.6. The van der Waals surface area contributed by atoms with E-state index in [1.807, 2.05) is 35.4 Å². The van der Waals surface area contributed by atoms with Crippen molar-refractivity contribution in [2.45, 2.75) is 13.8 Å². The zero-order valence-corrected chi connectivity index (χ0v) is 15.8. The number of aromatic nitrogens is 2. The van der Waals surface area contributed by atoms with Gasteiger partial charge in [-0.05, 0) is 48.6 Å². The molecule has 26 heavy (non-hydrogen) atoms. The van der Waals surface area contributed by atoms with E-state index in [0.717, 1.165) is 27.4 Å². The number of carbonyl (C=O) groups is 1. The number of amides is 1. The van der Waals surface area contributed by atoms with Crippen LogP contribution in [0.25, 0.3) is 16.3 Å². The Bertz CT molecular complexity index is 925.